The Morgan fingerprint density at radius 1 is 1.36 bits per heavy atom. The van der Waals surface area contributed by atoms with Gasteiger partial charge in [-0.2, -0.15) is 5.10 Å². The van der Waals surface area contributed by atoms with Gasteiger partial charge in [0, 0.05) is 6.04 Å². The molecule has 0 aliphatic carbocycles. The van der Waals surface area contributed by atoms with Crippen LogP contribution < -0.4 is 5.32 Å². The van der Waals surface area contributed by atoms with Gasteiger partial charge < -0.3 is 15.3 Å². The summed E-state index contributed by atoms with van der Waals surface area (Å²) in [6, 6.07) is 7.39. The Balaban J connectivity index is 2.11. The zero-order valence-electron chi connectivity index (χ0n) is 15.5. The largest absolute Gasteiger partial charge is 0.389 e. The van der Waals surface area contributed by atoms with Gasteiger partial charge in [0.25, 0.3) is 0 Å². The number of hydrogen-bond donors (Lipinski definition) is 2. The van der Waals surface area contributed by atoms with E-state index in [2.05, 4.69) is 15.4 Å². The molecule has 0 bridgehead atoms. The van der Waals surface area contributed by atoms with Gasteiger partial charge in [0.2, 0.25) is 0 Å². The third-order valence-corrected chi connectivity index (χ3v) is 3.83. The van der Waals surface area contributed by atoms with Crippen molar-refractivity contribution in [1.82, 2.24) is 25.0 Å². The highest BCUT2D eigenvalue weighted by molar-refractivity contribution is 5.75. The van der Waals surface area contributed by atoms with Crippen LogP contribution in [0.3, 0.4) is 0 Å². The molecule has 0 aliphatic rings. The van der Waals surface area contributed by atoms with E-state index in [1.54, 1.807) is 29.8 Å². The number of amides is 2. The molecule has 7 nitrogen and oxygen atoms in total. The topological polar surface area (TPSA) is 83.3 Å². The summed E-state index contributed by atoms with van der Waals surface area (Å²) in [6.07, 6.45) is 3.11. The smallest absolute Gasteiger partial charge is 0.318 e. The number of aromatic nitrogens is 3. The zero-order chi connectivity index (χ0) is 18.6. The van der Waals surface area contributed by atoms with Gasteiger partial charge in [-0.3, -0.25) is 0 Å². The van der Waals surface area contributed by atoms with Crippen LogP contribution in [0.25, 0.3) is 5.69 Å². The molecule has 136 valence electrons. The summed E-state index contributed by atoms with van der Waals surface area (Å²) in [6.45, 7) is 9.45. The molecule has 1 atom stereocenters. The molecule has 0 fully saturated rings. The molecule has 1 aromatic heterocycles. The number of carbonyl (C=O) groups excluding carboxylic acids is 1. The molecule has 0 saturated carbocycles. The van der Waals surface area contributed by atoms with Crippen LogP contribution in [-0.4, -0.2) is 49.0 Å². The number of benzene rings is 1. The molecule has 0 radical (unpaired) electrons. The molecular formula is C18H27N5O2. The molecule has 2 aromatic rings. The van der Waals surface area contributed by atoms with Crippen LogP contribution in [-0.2, 0) is 0 Å². The molecule has 7 heteroatoms. The number of rotatable bonds is 6. The number of nitrogens with one attached hydrogen (secondary N) is 1. The first kappa shape index (κ1) is 18.9. The lowest BCUT2D eigenvalue weighted by molar-refractivity contribution is 0.0383. The molecule has 1 aromatic carbocycles. The third-order valence-electron chi connectivity index (χ3n) is 3.83. The Morgan fingerprint density at radius 3 is 2.64 bits per heavy atom. The normalized spacial score (nSPS) is 12.9. The number of urea groups is 1. The minimum atomic E-state index is -0.947. The Morgan fingerprint density at radius 2 is 2.08 bits per heavy atom. The number of hydrogen-bond acceptors (Lipinski definition) is 4. The van der Waals surface area contributed by atoms with Crippen molar-refractivity contribution in [3.05, 3.63) is 42.5 Å². The minimum Gasteiger partial charge on any atom is -0.389 e. The third kappa shape index (κ3) is 5.29. The van der Waals surface area contributed by atoms with E-state index in [1.165, 1.54) is 6.33 Å². The van der Waals surface area contributed by atoms with Gasteiger partial charge in [0.1, 0.15) is 12.7 Å². The Kier molecular flexibility index (Phi) is 5.79. The SMILES string of the molecule is CC(NC(=O)N(CC(C)(C)O)C(C)C)c1cccc(-n2cncn2)c1. The van der Waals surface area contributed by atoms with Gasteiger partial charge >= 0.3 is 6.03 Å². The standard InChI is InChI=1S/C18H27N5O2/c1-13(2)22(10-18(4,5)25)17(24)21-14(3)15-7-6-8-16(9-15)23-12-19-11-20-23/h6-9,11-14,25H,10H2,1-5H3,(H,21,24). The quantitative estimate of drug-likeness (QED) is 0.843. The first-order chi connectivity index (χ1) is 11.7. The Bertz CT molecular complexity index is 692. The lowest BCUT2D eigenvalue weighted by Gasteiger charge is -2.33. The average molecular weight is 345 g/mol. The molecule has 25 heavy (non-hydrogen) atoms. The van der Waals surface area contributed by atoms with Crippen LogP contribution in [0.15, 0.2) is 36.9 Å². The van der Waals surface area contributed by atoms with Crippen LogP contribution in [0.5, 0.6) is 0 Å². The highest BCUT2D eigenvalue weighted by atomic mass is 16.3. The van der Waals surface area contributed by atoms with Crippen molar-refractivity contribution in [2.24, 2.45) is 0 Å². The maximum atomic E-state index is 12.6. The highest BCUT2D eigenvalue weighted by Gasteiger charge is 2.25. The fraction of sp³-hybridized carbons (Fsp3) is 0.500. The van der Waals surface area contributed by atoms with Crippen molar-refractivity contribution in [3.8, 4) is 5.69 Å². The molecule has 2 amide bonds. The first-order valence-electron chi connectivity index (χ1n) is 8.42. The predicted molar refractivity (Wildman–Crippen MR) is 96.4 cm³/mol. The summed E-state index contributed by atoms with van der Waals surface area (Å²) in [5.74, 6) is 0. The van der Waals surface area contributed by atoms with Crippen molar-refractivity contribution >= 4 is 6.03 Å². The zero-order valence-corrected chi connectivity index (χ0v) is 15.5. The summed E-state index contributed by atoms with van der Waals surface area (Å²) in [7, 11) is 0. The molecule has 2 N–H and O–H groups in total. The van der Waals surface area contributed by atoms with E-state index in [-0.39, 0.29) is 24.7 Å². The minimum absolute atomic E-state index is 0.0138. The van der Waals surface area contributed by atoms with Crippen molar-refractivity contribution < 1.29 is 9.90 Å². The van der Waals surface area contributed by atoms with Crippen molar-refractivity contribution in [2.45, 2.75) is 52.3 Å². The Hall–Kier alpha value is -2.41. The Labute approximate surface area is 148 Å². The summed E-state index contributed by atoms with van der Waals surface area (Å²) >= 11 is 0. The summed E-state index contributed by atoms with van der Waals surface area (Å²) < 4.78 is 1.67. The van der Waals surface area contributed by atoms with Gasteiger partial charge in [-0.05, 0) is 52.3 Å². The van der Waals surface area contributed by atoms with Crippen LogP contribution in [0.4, 0.5) is 4.79 Å². The van der Waals surface area contributed by atoms with Gasteiger partial charge in [0.15, 0.2) is 0 Å². The number of carbonyl (C=O) groups is 1. The van der Waals surface area contributed by atoms with Crippen molar-refractivity contribution in [2.75, 3.05) is 6.54 Å². The van der Waals surface area contributed by atoms with E-state index in [9.17, 15) is 9.90 Å². The van der Waals surface area contributed by atoms with Gasteiger partial charge in [0.05, 0.1) is 23.9 Å². The van der Waals surface area contributed by atoms with E-state index >= 15 is 0 Å². The lowest BCUT2D eigenvalue weighted by Crippen LogP contribution is -2.50. The maximum absolute atomic E-state index is 12.6. The van der Waals surface area contributed by atoms with Gasteiger partial charge in [-0.15, -0.1) is 0 Å². The monoisotopic (exact) mass is 345 g/mol. The van der Waals surface area contributed by atoms with Crippen LogP contribution >= 0.6 is 0 Å². The second kappa shape index (κ2) is 7.65. The average Bonchev–Trinajstić information content (AvgIpc) is 3.06. The fourth-order valence-electron chi connectivity index (χ4n) is 2.54. The molecular weight excluding hydrogens is 318 g/mol. The number of nitrogens with zero attached hydrogens (tertiary/aromatic N) is 4. The molecule has 2 rings (SSSR count). The van der Waals surface area contributed by atoms with E-state index < -0.39 is 5.60 Å². The predicted octanol–water partition coefficient (Wildman–Crippen LogP) is 2.52. The lowest BCUT2D eigenvalue weighted by atomic mass is 10.1. The highest BCUT2D eigenvalue weighted by Crippen LogP contribution is 2.17. The van der Waals surface area contributed by atoms with Crippen molar-refractivity contribution in [3.63, 3.8) is 0 Å². The van der Waals surface area contributed by atoms with Crippen LogP contribution in [0, 0.1) is 0 Å². The molecule has 1 heterocycles. The molecule has 0 aliphatic heterocycles. The fourth-order valence-corrected chi connectivity index (χ4v) is 2.54. The van der Waals surface area contributed by atoms with Crippen LogP contribution in [0.2, 0.25) is 0 Å². The van der Waals surface area contributed by atoms with E-state index in [4.69, 9.17) is 0 Å². The number of aliphatic hydroxyl groups is 1. The first-order valence-corrected chi connectivity index (χ1v) is 8.42. The molecule has 0 spiro atoms. The second-order valence-corrected chi connectivity index (χ2v) is 7.14. The van der Waals surface area contributed by atoms with Crippen LogP contribution in [0.1, 0.15) is 46.2 Å². The summed E-state index contributed by atoms with van der Waals surface area (Å²) in [4.78, 5) is 18.2. The summed E-state index contributed by atoms with van der Waals surface area (Å²) in [5, 5.41) is 17.2. The molecule has 1 unspecified atom stereocenters. The maximum Gasteiger partial charge on any atom is 0.318 e. The molecule has 0 saturated heterocycles. The van der Waals surface area contributed by atoms with Gasteiger partial charge in [-0.25, -0.2) is 14.5 Å². The summed E-state index contributed by atoms with van der Waals surface area (Å²) in [5.41, 5.74) is 0.902. The second-order valence-electron chi connectivity index (χ2n) is 7.14. The van der Waals surface area contributed by atoms with E-state index in [1.807, 2.05) is 45.0 Å². The van der Waals surface area contributed by atoms with E-state index in [0.717, 1.165) is 11.3 Å². The van der Waals surface area contributed by atoms with Crippen molar-refractivity contribution in [1.29, 1.82) is 0 Å². The van der Waals surface area contributed by atoms with E-state index in [0.29, 0.717) is 0 Å². The van der Waals surface area contributed by atoms with Gasteiger partial charge in [-0.1, -0.05) is 12.1 Å².